The highest BCUT2D eigenvalue weighted by atomic mass is 16.5. The van der Waals surface area contributed by atoms with E-state index in [1.165, 1.54) is 0 Å². The van der Waals surface area contributed by atoms with Gasteiger partial charge in [-0.1, -0.05) is 0 Å². The Bertz CT molecular complexity index is 302. The highest BCUT2D eigenvalue weighted by molar-refractivity contribution is 4.80. The molecule has 2 rings (SSSR count). The number of morpholine rings is 1. The van der Waals surface area contributed by atoms with Gasteiger partial charge in [0.2, 0.25) is 0 Å². The Morgan fingerprint density at radius 3 is 3.06 bits per heavy atom. The Balaban J connectivity index is 1.82. The third-order valence-electron chi connectivity index (χ3n) is 3.01. The summed E-state index contributed by atoms with van der Waals surface area (Å²) in [6.45, 7) is 5.59. The molecule has 1 fully saturated rings. The second-order valence-corrected chi connectivity index (χ2v) is 4.25. The van der Waals surface area contributed by atoms with Crippen LogP contribution in [0.5, 0.6) is 0 Å². The summed E-state index contributed by atoms with van der Waals surface area (Å²) in [5, 5.41) is 13.3. The predicted molar refractivity (Wildman–Crippen MR) is 60.1 cm³/mol. The van der Waals surface area contributed by atoms with Crippen LogP contribution in [0.15, 0.2) is 18.5 Å². The number of aromatic nitrogens is 2. The SMILES string of the molecule is CC1COC(CO)CN1CCn1cccn1. The van der Waals surface area contributed by atoms with Gasteiger partial charge in [-0.15, -0.1) is 0 Å². The van der Waals surface area contributed by atoms with E-state index < -0.39 is 0 Å². The van der Waals surface area contributed by atoms with Gasteiger partial charge in [0.1, 0.15) is 0 Å². The first-order valence-corrected chi connectivity index (χ1v) is 5.73. The van der Waals surface area contributed by atoms with Crippen LogP contribution in [-0.4, -0.2) is 58.2 Å². The Hall–Kier alpha value is -0.910. The van der Waals surface area contributed by atoms with Crippen LogP contribution in [0.4, 0.5) is 0 Å². The van der Waals surface area contributed by atoms with E-state index >= 15 is 0 Å². The van der Waals surface area contributed by atoms with E-state index in [0.717, 1.165) is 19.6 Å². The Morgan fingerprint density at radius 2 is 2.38 bits per heavy atom. The van der Waals surface area contributed by atoms with E-state index in [2.05, 4.69) is 16.9 Å². The number of nitrogens with zero attached hydrogens (tertiary/aromatic N) is 3. The lowest BCUT2D eigenvalue weighted by Crippen LogP contribution is -2.50. The highest BCUT2D eigenvalue weighted by Gasteiger charge is 2.24. The minimum absolute atomic E-state index is 0.0335. The molecule has 2 heterocycles. The first-order valence-electron chi connectivity index (χ1n) is 5.73. The molecule has 90 valence electrons. The molecule has 0 bridgehead atoms. The Labute approximate surface area is 95.6 Å². The van der Waals surface area contributed by atoms with Crippen molar-refractivity contribution < 1.29 is 9.84 Å². The standard InChI is InChI=1S/C11H19N3O2/c1-10-9-16-11(8-15)7-13(10)5-6-14-4-2-3-12-14/h2-4,10-11,15H,5-9H2,1H3. The van der Waals surface area contributed by atoms with Crippen LogP contribution in [0.1, 0.15) is 6.92 Å². The molecule has 0 aromatic carbocycles. The highest BCUT2D eigenvalue weighted by Crippen LogP contribution is 2.11. The lowest BCUT2D eigenvalue weighted by molar-refractivity contribution is -0.0785. The summed E-state index contributed by atoms with van der Waals surface area (Å²) in [6.07, 6.45) is 3.72. The van der Waals surface area contributed by atoms with Gasteiger partial charge in [0.25, 0.3) is 0 Å². The second-order valence-electron chi connectivity index (χ2n) is 4.25. The topological polar surface area (TPSA) is 50.5 Å². The van der Waals surface area contributed by atoms with Crippen molar-refractivity contribution in [1.29, 1.82) is 0 Å². The number of hydrogen-bond acceptors (Lipinski definition) is 4. The van der Waals surface area contributed by atoms with Crippen molar-refractivity contribution >= 4 is 0 Å². The third-order valence-corrected chi connectivity index (χ3v) is 3.01. The van der Waals surface area contributed by atoms with Gasteiger partial charge in [-0.05, 0) is 13.0 Å². The molecule has 1 aromatic heterocycles. The van der Waals surface area contributed by atoms with Crippen LogP contribution < -0.4 is 0 Å². The fourth-order valence-electron chi connectivity index (χ4n) is 1.96. The zero-order chi connectivity index (χ0) is 11.4. The lowest BCUT2D eigenvalue weighted by Gasteiger charge is -2.37. The molecule has 2 unspecified atom stereocenters. The van der Waals surface area contributed by atoms with E-state index in [-0.39, 0.29) is 12.7 Å². The van der Waals surface area contributed by atoms with Crippen LogP contribution >= 0.6 is 0 Å². The maximum atomic E-state index is 9.08. The summed E-state index contributed by atoms with van der Waals surface area (Å²) in [5.41, 5.74) is 0. The van der Waals surface area contributed by atoms with Gasteiger partial charge >= 0.3 is 0 Å². The summed E-state index contributed by atoms with van der Waals surface area (Å²) in [6, 6.07) is 2.34. The lowest BCUT2D eigenvalue weighted by atomic mass is 10.2. The first kappa shape index (κ1) is 11.6. The van der Waals surface area contributed by atoms with Crippen molar-refractivity contribution in [3.63, 3.8) is 0 Å². The smallest absolute Gasteiger partial charge is 0.0933 e. The zero-order valence-corrected chi connectivity index (χ0v) is 9.62. The number of aliphatic hydroxyl groups excluding tert-OH is 1. The van der Waals surface area contributed by atoms with Crippen molar-refractivity contribution in [3.8, 4) is 0 Å². The van der Waals surface area contributed by atoms with Gasteiger partial charge in [0.05, 0.1) is 25.9 Å². The van der Waals surface area contributed by atoms with Crippen LogP contribution in [0.25, 0.3) is 0 Å². The third kappa shape index (κ3) is 2.81. The van der Waals surface area contributed by atoms with E-state index in [9.17, 15) is 0 Å². The van der Waals surface area contributed by atoms with Crippen LogP contribution in [0.2, 0.25) is 0 Å². The van der Waals surface area contributed by atoms with Crippen LogP contribution in [-0.2, 0) is 11.3 Å². The normalized spacial score (nSPS) is 27.1. The molecular formula is C11H19N3O2. The monoisotopic (exact) mass is 225 g/mol. The number of hydrogen-bond donors (Lipinski definition) is 1. The average Bonchev–Trinajstić information content (AvgIpc) is 2.81. The minimum Gasteiger partial charge on any atom is -0.394 e. The molecule has 16 heavy (non-hydrogen) atoms. The molecule has 0 aliphatic carbocycles. The van der Waals surface area contributed by atoms with Gasteiger partial charge in [-0.25, -0.2) is 0 Å². The molecular weight excluding hydrogens is 206 g/mol. The molecule has 0 amide bonds. The van der Waals surface area contributed by atoms with E-state index in [0.29, 0.717) is 12.6 Å². The molecule has 0 spiro atoms. The Morgan fingerprint density at radius 1 is 1.50 bits per heavy atom. The van der Waals surface area contributed by atoms with Crippen molar-refractivity contribution in [2.45, 2.75) is 25.6 Å². The molecule has 1 aromatic rings. The minimum atomic E-state index is -0.0335. The fourth-order valence-corrected chi connectivity index (χ4v) is 1.96. The molecule has 1 saturated heterocycles. The maximum absolute atomic E-state index is 9.08. The van der Waals surface area contributed by atoms with Crippen LogP contribution in [0.3, 0.4) is 0 Å². The van der Waals surface area contributed by atoms with E-state index in [4.69, 9.17) is 9.84 Å². The molecule has 0 radical (unpaired) electrons. The number of aliphatic hydroxyl groups is 1. The molecule has 1 aliphatic heterocycles. The van der Waals surface area contributed by atoms with Gasteiger partial charge < -0.3 is 9.84 Å². The number of rotatable bonds is 4. The van der Waals surface area contributed by atoms with Crippen molar-refractivity contribution in [1.82, 2.24) is 14.7 Å². The second kappa shape index (κ2) is 5.43. The Kier molecular flexibility index (Phi) is 3.93. The summed E-state index contributed by atoms with van der Waals surface area (Å²) < 4.78 is 7.42. The van der Waals surface area contributed by atoms with Crippen LogP contribution in [0, 0.1) is 0 Å². The quantitative estimate of drug-likeness (QED) is 0.781. The zero-order valence-electron chi connectivity index (χ0n) is 9.62. The van der Waals surface area contributed by atoms with E-state index in [1.54, 1.807) is 6.20 Å². The average molecular weight is 225 g/mol. The first-order chi connectivity index (χ1) is 7.79. The largest absolute Gasteiger partial charge is 0.394 e. The van der Waals surface area contributed by atoms with Gasteiger partial charge in [0.15, 0.2) is 0 Å². The molecule has 1 N–H and O–H groups in total. The predicted octanol–water partition coefficient (Wildman–Crippen LogP) is -0.0353. The molecule has 5 nitrogen and oxygen atoms in total. The summed E-state index contributed by atoms with van der Waals surface area (Å²) in [7, 11) is 0. The van der Waals surface area contributed by atoms with Crippen molar-refractivity contribution in [2.24, 2.45) is 0 Å². The van der Waals surface area contributed by atoms with Crippen molar-refractivity contribution in [2.75, 3.05) is 26.3 Å². The van der Waals surface area contributed by atoms with E-state index in [1.807, 2.05) is 16.9 Å². The summed E-state index contributed by atoms with van der Waals surface area (Å²) >= 11 is 0. The van der Waals surface area contributed by atoms with Gasteiger partial charge in [0, 0.05) is 31.5 Å². The molecule has 5 heteroatoms. The molecule has 0 saturated carbocycles. The summed E-state index contributed by atoms with van der Waals surface area (Å²) in [5.74, 6) is 0. The van der Waals surface area contributed by atoms with Gasteiger partial charge in [-0.3, -0.25) is 9.58 Å². The molecule has 1 aliphatic rings. The van der Waals surface area contributed by atoms with Crippen molar-refractivity contribution in [3.05, 3.63) is 18.5 Å². The number of ether oxygens (including phenoxy) is 1. The maximum Gasteiger partial charge on any atom is 0.0933 e. The summed E-state index contributed by atoms with van der Waals surface area (Å²) in [4.78, 5) is 2.34. The fraction of sp³-hybridized carbons (Fsp3) is 0.727. The molecule has 2 atom stereocenters. The van der Waals surface area contributed by atoms with Gasteiger partial charge in [-0.2, -0.15) is 5.10 Å².